The van der Waals surface area contributed by atoms with E-state index >= 15 is 0 Å². The van der Waals surface area contributed by atoms with Crippen LogP contribution in [0.5, 0.6) is 5.75 Å². The van der Waals surface area contributed by atoms with Crippen LogP contribution in [-0.4, -0.2) is 27.9 Å². The number of hydrogen-bond donors (Lipinski definition) is 0. The summed E-state index contributed by atoms with van der Waals surface area (Å²) in [6.45, 7) is 2.63. The van der Waals surface area contributed by atoms with Crippen LogP contribution in [0.15, 0.2) is 54.6 Å². The number of para-hydroxylation sites is 1. The van der Waals surface area contributed by atoms with E-state index in [0.29, 0.717) is 30.9 Å². The largest absolute Gasteiger partial charge is 0.496 e. The molecule has 5 heteroatoms. The van der Waals surface area contributed by atoms with Gasteiger partial charge >= 0.3 is 0 Å². The molecule has 0 bridgehead atoms. The number of benzene rings is 2. The maximum Gasteiger partial charge on any atom is 0.157 e. The van der Waals surface area contributed by atoms with Crippen LogP contribution in [-0.2, 0) is 21.2 Å². The van der Waals surface area contributed by atoms with Crippen molar-refractivity contribution in [1.29, 1.82) is 0 Å². The molecule has 0 aliphatic rings. The van der Waals surface area contributed by atoms with Gasteiger partial charge in [-0.2, -0.15) is 0 Å². The molecule has 1 unspecified atom stereocenters. The quantitative estimate of drug-likeness (QED) is 0.647. The van der Waals surface area contributed by atoms with Gasteiger partial charge in [0.15, 0.2) is 9.84 Å². The monoisotopic (exact) mass is 348 g/mol. The predicted molar refractivity (Wildman–Crippen MR) is 95.9 cm³/mol. The molecule has 0 spiro atoms. The van der Waals surface area contributed by atoms with Crippen molar-refractivity contribution in [3.63, 3.8) is 0 Å². The minimum Gasteiger partial charge on any atom is -0.496 e. The highest BCUT2D eigenvalue weighted by atomic mass is 32.2. The first-order valence-corrected chi connectivity index (χ1v) is 9.72. The summed E-state index contributed by atoms with van der Waals surface area (Å²) in [6, 6.07) is 17.1. The number of sulfone groups is 1. The Bertz CT molecular complexity index is 726. The SMILES string of the molecule is COc1ccccc1C(C)S(=O)(=O)CCCOCc1ccccc1. The third-order valence-electron chi connectivity index (χ3n) is 3.94. The highest BCUT2D eigenvalue weighted by molar-refractivity contribution is 7.91. The molecular weight excluding hydrogens is 324 g/mol. The van der Waals surface area contributed by atoms with Crippen LogP contribution in [0.2, 0.25) is 0 Å². The Morgan fingerprint density at radius 1 is 1.00 bits per heavy atom. The standard InChI is InChI=1S/C19H24O4S/c1-16(18-11-6-7-12-19(18)22-2)24(20,21)14-8-13-23-15-17-9-4-3-5-10-17/h3-7,9-12,16H,8,13-15H2,1-2H3. The van der Waals surface area contributed by atoms with E-state index in [1.54, 1.807) is 26.2 Å². The highest BCUT2D eigenvalue weighted by Crippen LogP contribution is 2.30. The Hall–Kier alpha value is -1.85. The third-order valence-corrected chi connectivity index (χ3v) is 6.13. The molecule has 130 valence electrons. The molecule has 24 heavy (non-hydrogen) atoms. The lowest BCUT2D eigenvalue weighted by Crippen LogP contribution is -2.16. The van der Waals surface area contributed by atoms with Crippen LogP contribution in [0.3, 0.4) is 0 Å². The summed E-state index contributed by atoms with van der Waals surface area (Å²) in [7, 11) is -1.70. The lowest BCUT2D eigenvalue weighted by atomic mass is 10.1. The second kappa shape index (κ2) is 8.85. The summed E-state index contributed by atoms with van der Waals surface area (Å²) >= 11 is 0. The van der Waals surface area contributed by atoms with Gasteiger partial charge in [-0.15, -0.1) is 0 Å². The summed E-state index contributed by atoms with van der Waals surface area (Å²) in [4.78, 5) is 0. The first-order chi connectivity index (χ1) is 11.5. The second-order valence-corrected chi connectivity index (χ2v) is 8.08. The molecule has 0 fully saturated rings. The van der Waals surface area contributed by atoms with Crippen LogP contribution in [0.25, 0.3) is 0 Å². The van der Waals surface area contributed by atoms with Gasteiger partial charge in [0.25, 0.3) is 0 Å². The fraction of sp³-hybridized carbons (Fsp3) is 0.368. The second-order valence-electron chi connectivity index (χ2n) is 5.64. The summed E-state index contributed by atoms with van der Waals surface area (Å²) < 4.78 is 35.9. The average Bonchev–Trinajstić information content (AvgIpc) is 2.61. The molecule has 2 rings (SSSR count). The van der Waals surface area contributed by atoms with Crippen molar-refractivity contribution < 1.29 is 17.9 Å². The van der Waals surface area contributed by atoms with Gasteiger partial charge in [0.1, 0.15) is 5.75 Å². The summed E-state index contributed by atoms with van der Waals surface area (Å²) in [5, 5.41) is -0.595. The molecule has 4 nitrogen and oxygen atoms in total. The predicted octanol–water partition coefficient (Wildman–Crippen LogP) is 3.78. The fourth-order valence-electron chi connectivity index (χ4n) is 2.50. The Morgan fingerprint density at radius 2 is 1.67 bits per heavy atom. The molecule has 0 heterocycles. The average molecular weight is 348 g/mol. The van der Waals surface area contributed by atoms with Crippen molar-refractivity contribution in [2.75, 3.05) is 19.5 Å². The maximum atomic E-state index is 12.5. The van der Waals surface area contributed by atoms with Gasteiger partial charge in [-0.05, 0) is 25.0 Å². The summed E-state index contributed by atoms with van der Waals surface area (Å²) in [6.07, 6.45) is 0.481. The Morgan fingerprint density at radius 3 is 2.38 bits per heavy atom. The van der Waals surface area contributed by atoms with Gasteiger partial charge in [-0.25, -0.2) is 8.42 Å². The zero-order valence-electron chi connectivity index (χ0n) is 14.1. The van der Waals surface area contributed by atoms with Crippen molar-refractivity contribution >= 4 is 9.84 Å². The van der Waals surface area contributed by atoms with Crippen molar-refractivity contribution in [1.82, 2.24) is 0 Å². The highest BCUT2D eigenvalue weighted by Gasteiger charge is 2.24. The Kier molecular flexibility index (Phi) is 6.82. The minimum absolute atomic E-state index is 0.0982. The number of hydrogen-bond acceptors (Lipinski definition) is 4. The molecule has 0 aliphatic heterocycles. The molecule has 0 saturated heterocycles. The van der Waals surface area contributed by atoms with E-state index in [1.165, 1.54) is 0 Å². The van der Waals surface area contributed by atoms with E-state index in [1.807, 2.05) is 42.5 Å². The van der Waals surface area contributed by atoms with E-state index in [-0.39, 0.29) is 5.75 Å². The molecule has 1 atom stereocenters. The first-order valence-electron chi connectivity index (χ1n) is 8.01. The van der Waals surface area contributed by atoms with Crippen molar-refractivity contribution in [3.05, 3.63) is 65.7 Å². The van der Waals surface area contributed by atoms with Crippen LogP contribution in [0, 0.1) is 0 Å². The molecule has 0 aromatic heterocycles. The lowest BCUT2D eigenvalue weighted by Gasteiger charge is -2.16. The van der Waals surface area contributed by atoms with Gasteiger partial charge in [0.05, 0.1) is 24.7 Å². The van der Waals surface area contributed by atoms with Crippen LogP contribution < -0.4 is 4.74 Å². The minimum atomic E-state index is -3.25. The van der Waals surface area contributed by atoms with E-state index < -0.39 is 15.1 Å². The van der Waals surface area contributed by atoms with Crippen molar-refractivity contribution in [2.24, 2.45) is 0 Å². The molecular formula is C19H24O4S. The topological polar surface area (TPSA) is 52.6 Å². The molecule has 0 radical (unpaired) electrons. The van der Waals surface area contributed by atoms with Crippen molar-refractivity contribution in [2.45, 2.75) is 25.2 Å². The Balaban J connectivity index is 1.84. The van der Waals surface area contributed by atoms with Crippen LogP contribution in [0.4, 0.5) is 0 Å². The smallest absolute Gasteiger partial charge is 0.157 e. The van der Waals surface area contributed by atoms with Crippen LogP contribution >= 0.6 is 0 Å². The fourth-order valence-corrected chi connectivity index (χ4v) is 3.95. The first kappa shape index (κ1) is 18.5. The van der Waals surface area contributed by atoms with Gasteiger partial charge in [0.2, 0.25) is 0 Å². The van der Waals surface area contributed by atoms with Gasteiger partial charge in [0, 0.05) is 12.2 Å². The van der Waals surface area contributed by atoms with Gasteiger partial charge < -0.3 is 9.47 Å². The van der Waals surface area contributed by atoms with E-state index in [4.69, 9.17) is 9.47 Å². The third kappa shape index (κ3) is 5.08. The van der Waals surface area contributed by atoms with E-state index in [2.05, 4.69) is 0 Å². The molecule has 0 saturated carbocycles. The maximum absolute atomic E-state index is 12.5. The van der Waals surface area contributed by atoms with Crippen LogP contribution in [0.1, 0.15) is 29.7 Å². The molecule has 0 N–H and O–H groups in total. The molecule has 0 amide bonds. The molecule has 2 aromatic carbocycles. The molecule has 2 aromatic rings. The zero-order valence-corrected chi connectivity index (χ0v) is 15.0. The Labute approximate surface area is 144 Å². The molecule has 0 aliphatic carbocycles. The zero-order chi connectivity index (χ0) is 17.4. The van der Waals surface area contributed by atoms with E-state index in [0.717, 1.165) is 5.56 Å². The number of rotatable bonds is 9. The number of methoxy groups -OCH3 is 1. The summed E-state index contributed by atoms with van der Waals surface area (Å²) in [5.41, 5.74) is 1.79. The van der Waals surface area contributed by atoms with Crippen molar-refractivity contribution in [3.8, 4) is 5.75 Å². The normalized spacial score (nSPS) is 12.8. The summed E-state index contributed by atoms with van der Waals surface area (Å²) in [5.74, 6) is 0.704. The van der Waals surface area contributed by atoms with Gasteiger partial charge in [-0.1, -0.05) is 48.5 Å². The lowest BCUT2D eigenvalue weighted by molar-refractivity contribution is 0.122. The van der Waals surface area contributed by atoms with Gasteiger partial charge in [-0.3, -0.25) is 0 Å². The number of ether oxygens (including phenoxy) is 2. The van der Waals surface area contributed by atoms with E-state index in [9.17, 15) is 8.42 Å².